The highest BCUT2D eigenvalue weighted by Gasteiger charge is 2.01. The summed E-state index contributed by atoms with van der Waals surface area (Å²) in [6.07, 6.45) is 0.585. The van der Waals surface area contributed by atoms with E-state index in [-0.39, 0.29) is 12.6 Å². The van der Waals surface area contributed by atoms with E-state index in [9.17, 15) is 4.79 Å². The molecule has 1 rings (SSSR count). The van der Waals surface area contributed by atoms with Crippen LogP contribution in [0.5, 0.6) is 0 Å². The highest BCUT2D eigenvalue weighted by Crippen LogP contribution is 2.06. The van der Waals surface area contributed by atoms with Crippen LogP contribution in [0.3, 0.4) is 0 Å². The lowest BCUT2D eigenvalue weighted by Crippen LogP contribution is -2.10. The van der Waals surface area contributed by atoms with Gasteiger partial charge >= 0.3 is 5.97 Å². The van der Waals surface area contributed by atoms with Crippen LogP contribution in [0.4, 0.5) is 0 Å². The molecule has 5 nitrogen and oxygen atoms in total. The smallest absolute Gasteiger partial charge is 0.302 e. The van der Waals surface area contributed by atoms with Gasteiger partial charge in [0, 0.05) is 19.0 Å². The molecule has 0 spiro atoms. The number of halogens is 1. The first-order chi connectivity index (χ1) is 8.08. The SMILES string of the molecule is CC(=O)OCCOCCc1nc(C)cc(Cl)n1. The third-order valence-electron chi connectivity index (χ3n) is 1.87. The third kappa shape index (κ3) is 6.19. The first-order valence-electron chi connectivity index (χ1n) is 5.29. The number of hydrogen-bond acceptors (Lipinski definition) is 5. The zero-order valence-corrected chi connectivity index (χ0v) is 10.7. The van der Waals surface area contributed by atoms with Crippen LogP contribution in [0, 0.1) is 6.92 Å². The summed E-state index contributed by atoms with van der Waals surface area (Å²) in [6.45, 7) is 4.34. The van der Waals surface area contributed by atoms with E-state index in [0.29, 0.717) is 30.6 Å². The number of carbonyl (C=O) groups excluding carboxylic acids is 1. The van der Waals surface area contributed by atoms with Gasteiger partial charge in [-0.05, 0) is 13.0 Å². The summed E-state index contributed by atoms with van der Waals surface area (Å²) in [5.74, 6) is 0.352. The third-order valence-corrected chi connectivity index (χ3v) is 2.07. The van der Waals surface area contributed by atoms with Crippen molar-refractivity contribution in [1.29, 1.82) is 0 Å². The van der Waals surface area contributed by atoms with Crippen molar-refractivity contribution in [2.75, 3.05) is 19.8 Å². The molecule has 0 atom stereocenters. The van der Waals surface area contributed by atoms with E-state index in [0.717, 1.165) is 5.69 Å². The Balaban J connectivity index is 2.20. The van der Waals surface area contributed by atoms with E-state index in [4.69, 9.17) is 21.1 Å². The van der Waals surface area contributed by atoms with Gasteiger partial charge in [0.05, 0.1) is 13.2 Å². The molecule has 17 heavy (non-hydrogen) atoms. The number of nitrogens with zero attached hydrogens (tertiary/aromatic N) is 2. The van der Waals surface area contributed by atoms with E-state index in [1.54, 1.807) is 6.07 Å². The van der Waals surface area contributed by atoms with Crippen molar-refractivity contribution in [2.24, 2.45) is 0 Å². The van der Waals surface area contributed by atoms with Crippen LogP contribution in [-0.2, 0) is 20.7 Å². The summed E-state index contributed by atoms with van der Waals surface area (Å²) < 4.78 is 9.98. The Labute approximate surface area is 105 Å². The summed E-state index contributed by atoms with van der Waals surface area (Å²) in [5, 5.41) is 0.437. The number of aromatic nitrogens is 2. The van der Waals surface area contributed by atoms with Crippen LogP contribution in [-0.4, -0.2) is 35.8 Å². The lowest BCUT2D eigenvalue weighted by molar-refractivity contribution is -0.142. The van der Waals surface area contributed by atoms with Crippen molar-refractivity contribution in [2.45, 2.75) is 20.3 Å². The second-order valence-electron chi connectivity index (χ2n) is 3.45. The number of rotatable bonds is 6. The summed E-state index contributed by atoms with van der Waals surface area (Å²) in [5.41, 5.74) is 0.833. The van der Waals surface area contributed by atoms with Crippen molar-refractivity contribution in [3.63, 3.8) is 0 Å². The van der Waals surface area contributed by atoms with Crippen LogP contribution in [0.25, 0.3) is 0 Å². The molecule has 0 N–H and O–H groups in total. The maximum atomic E-state index is 10.5. The van der Waals surface area contributed by atoms with Gasteiger partial charge in [-0.3, -0.25) is 4.79 Å². The van der Waals surface area contributed by atoms with Crippen LogP contribution >= 0.6 is 11.6 Å². The molecule has 0 aliphatic carbocycles. The van der Waals surface area contributed by atoms with Crippen LogP contribution in [0.15, 0.2) is 6.07 Å². The molecular weight excluding hydrogens is 244 g/mol. The van der Waals surface area contributed by atoms with Crippen LogP contribution in [0.2, 0.25) is 5.15 Å². The van der Waals surface area contributed by atoms with Crippen molar-refractivity contribution in [1.82, 2.24) is 9.97 Å². The summed E-state index contributed by atoms with van der Waals surface area (Å²) >= 11 is 5.80. The topological polar surface area (TPSA) is 61.3 Å². The number of aryl methyl sites for hydroxylation is 1. The maximum Gasteiger partial charge on any atom is 0.302 e. The monoisotopic (exact) mass is 258 g/mol. The zero-order valence-electron chi connectivity index (χ0n) is 9.90. The first-order valence-corrected chi connectivity index (χ1v) is 5.67. The van der Waals surface area contributed by atoms with Crippen molar-refractivity contribution in [3.05, 3.63) is 22.7 Å². The van der Waals surface area contributed by atoms with Gasteiger partial charge in [0.25, 0.3) is 0 Å². The van der Waals surface area contributed by atoms with Gasteiger partial charge in [-0.25, -0.2) is 9.97 Å². The number of hydrogen-bond donors (Lipinski definition) is 0. The minimum absolute atomic E-state index is 0.269. The highest BCUT2D eigenvalue weighted by atomic mass is 35.5. The second kappa shape index (κ2) is 7.19. The molecule has 1 aromatic rings. The molecule has 0 aliphatic rings. The van der Waals surface area contributed by atoms with Gasteiger partial charge in [-0.1, -0.05) is 11.6 Å². The number of carbonyl (C=O) groups is 1. The van der Waals surface area contributed by atoms with Gasteiger partial charge < -0.3 is 9.47 Å². The molecular formula is C11H15ClN2O3. The normalized spacial score (nSPS) is 10.3. The predicted molar refractivity (Wildman–Crippen MR) is 62.9 cm³/mol. The molecule has 1 heterocycles. The standard InChI is InChI=1S/C11H15ClN2O3/c1-8-7-10(12)14-11(13-8)3-4-16-5-6-17-9(2)15/h7H,3-6H2,1-2H3. The van der Waals surface area contributed by atoms with E-state index in [1.165, 1.54) is 6.92 Å². The van der Waals surface area contributed by atoms with Gasteiger partial charge in [0.15, 0.2) is 0 Å². The molecule has 0 aromatic carbocycles. The first kappa shape index (κ1) is 13.9. The minimum Gasteiger partial charge on any atom is -0.463 e. The maximum absolute atomic E-state index is 10.5. The number of ether oxygens (including phenoxy) is 2. The fourth-order valence-corrected chi connectivity index (χ4v) is 1.47. The van der Waals surface area contributed by atoms with Gasteiger partial charge in [0.1, 0.15) is 17.6 Å². The Hall–Kier alpha value is -1.20. The summed E-state index contributed by atoms with van der Waals surface area (Å²) in [6, 6.07) is 1.70. The lowest BCUT2D eigenvalue weighted by Gasteiger charge is -2.04. The van der Waals surface area contributed by atoms with Crippen LogP contribution < -0.4 is 0 Å². The average molecular weight is 259 g/mol. The molecule has 6 heteroatoms. The molecule has 0 fully saturated rings. The van der Waals surface area contributed by atoms with Crippen LogP contribution in [0.1, 0.15) is 18.4 Å². The van der Waals surface area contributed by atoms with Crippen molar-refractivity contribution < 1.29 is 14.3 Å². The predicted octanol–water partition coefficient (Wildman–Crippen LogP) is 1.56. The van der Waals surface area contributed by atoms with Gasteiger partial charge in [-0.2, -0.15) is 0 Å². The molecule has 1 aromatic heterocycles. The van der Waals surface area contributed by atoms with Crippen molar-refractivity contribution >= 4 is 17.6 Å². The largest absolute Gasteiger partial charge is 0.463 e. The van der Waals surface area contributed by atoms with E-state index >= 15 is 0 Å². The fourth-order valence-electron chi connectivity index (χ4n) is 1.21. The minimum atomic E-state index is -0.303. The fraction of sp³-hybridized carbons (Fsp3) is 0.545. The van der Waals surface area contributed by atoms with Gasteiger partial charge in [-0.15, -0.1) is 0 Å². The Morgan fingerprint density at radius 2 is 2.12 bits per heavy atom. The molecule has 0 unspecified atom stereocenters. The highest BCUT2D eigenvalue weighted by molar-refractivity contribution is 6.29. The molecule has 0 saturated heterocycles. The second-order valence-corrected chi connectivity index (χ2v) is 3.84. The van der Waals surface area contributed by atoms with E-state index in [1.807, 2.05) is 6.92 Å². The Bertz CT molecular complexity index is 365. The Morgan fingerprint density at radius 3 is 2.76 bits per heavy atom. The molecule has 0 aliphatic heterocycles. The van der Waals surface area contributed by atoms with E-state index < -0.39 is 0 Å². The lowest BCUT2D eigenvalue weighted by atomic mass is 10.4. The zero-order chi connectivity index (χ0) is 12.7. The van der Waals surface area contributed by atoms with Gasteiger partial charge in [0.2, 0.25) is 0 Å². The number of esters is 1. The summed E-state index contributed by atoms with van der Waals surface area (Å²) in [4.78, 5) is 18.7. The summed E-state index contributed by atoms with van der Waals surface area (Å²) in [7, 11) is 0. The van der Waals surface area contributed by atoms with Crippen molar-refractivity contribution in [3.8, 4) is 0 Å². The quantitative estimate of drug-likeness (QED) is 0.440. The Morgan fingerprint density at radius 1 is 1.35 bits per heavy atom. The Kier molecular flexibility index (Phi) is 5.86. The molecule has 0 bridgehead atoms. The molecule has 0 saturated carbocycles. The van der Waals surface area contributed by atoms with E-state index in [2.05, 4.69) is 9.97 Å². The molecule has 0 radical (unpaired) electrons. The molecule has 0 amide bonds. The molecule has 94 valence electrons. The average Bonchev–Trinajstić information content (AvgIpc) is 2.21.